The average Bonchev–Trinajstić information content (AvgIpc) is 2.23. The molecule has 16 heavy (non-hydrogen) atoms. The third-order valence-electron chi connectivity index (χ3n) is 3.01. The molecule has 0 spiro atoms. The molecule has 2 atom stereocenters. The van der Waals surface area contributed by atoms with E-state index in [1.165, 1.54) is 16.7 Å². The first-order valence-electron chi connectivity index (χ1n) is 5.89. The number of alkyl halides is 1. The molecule has 1 rings (SSSR count). The Bertz CT molecular complexity index is 315. The number of rotatable bonds is 5. The summed E-state index contributed by atoms with van der Waals surface area (Å²) in [6.07, 6.45) is 0. The van der Waals surface area contributed by atoms with Crippen molar-refractivity contribution in [3.05, 3.63) is 34.9 Å². The summed E-state index contributed by atoms with van der Waals surface area (Å²) < 4.78 is 0. The van der Waals surface area contributed by atoms with Gasteiger partial charge in [-0.1, -0.05) is 36.2 Å². The summed E-state index contributed by atoms with van der Waals surface area (Å²) in [6.45, 7) is 9.56. The molecule has 0 aromatic heterocycles. The minimum Gasteiger partial charge on any atom is -0.310 e. The van der Waals surface area contributed by atoms with Crippen LogP contribution in [0.2, 0.25) is 0 Å². The minimum atomic E-state index is 0.457. The lowest BCUT2D eigenvalue weighted by atomic mass is 10.0. The van der Waals surface area contributed by atoms with Crippen molar-refractivity contribution in [2.24, 2.45) is 5.92 Å². The largest absolute Gasteiger partial charge is 0.310 e. The fourth-order valence-corrected chi connectivity index (χ4v) is 2.05. The van der Waals surface area contributed by atoms with Crippen LogP contribution in [0.4, 0.5) is 0 Å². The lowest BCUT2D eigenvalue weighted by Gasteiger charge is -2.19. The number of hydrogen-bond acceptors (Lipinski definition) is 1. The Balaban J connectivity index is 2.54. The Morgan fingerprint density at radius 3 is 2.19 bits per heavy atom. The van der Waals surface area contributed by atoms with Gasteiger partial charge < -0.3 is 5.32 Å². The van der Waals surface area contributed by atoms with Gasteiger partial charge in [-0.15, -0.1) is 11.6 Å². The third kappa shape index (κ3) is 4.15. The highest BCUT2D eigenvalue weighted by Crippen LogP contribution is 2.10. The first kappa shape index (κ1) is 13.5. The fraction of sp³-hybridized carbons (Fsp3) is 0.571. The van der Waals surface area contributed by atoms with Gasteiger partial charge in [0.2, 0.25) is 0 Å². The van der Waals surface area contributed by atoms with E-state index in [4.69, 9.17) is 11.6 Å². The molecule has 0 aliphatic carbocycles. The SMILES string of the molecule is Cc1cc(C)cc(CNC(C)C(C)CCl)c1. The van der Waals surface area contributed by atoms with Crippen molar-refractivity contribution in [1.29, 1.82) is 0 Å². The highest BCUT2D eigenvalue weighted by molar-refractivity contribution is 6.18. The van der Waals surface area contributed by atoms with Crippen molar-refractivity contribution in [2.75, 3.05) is 5.88 Å². The first-order chi connectivity index (χ1) is 7.52. The van der Waals surface area contributed by atoms with Crippen LogP contribution in [-0.2, 0) is 6.54 Å². The van der Waals surface area contributed by atoms with Crippen LogP contribution in [0.1, 0.15) is 30.5 Å². The van der Waals surface area contributed by atoms with E-state index in [0.717, 1.165) is 6.54 Å². The Morgan fingerprint density at radius 2 is 1.69 bits per heavy atom. The van der Waals surface area contributed by atoms with Crippen LogP contribution in [0.5, 0.6) is 0 Å². The zero-order valence-corrected chi connectivity index (χ0v) is 11.4. The summed E-state index contributed by atoms with van der Waals surface area (Å²) in [5.74, 6) is 1.22. The van der Waals surface area contributed by atoms with Crippen LogP contribution in [-0.4, -0.2) is 11.9 Å². The maximum absolute atomic E-state index is 5.84. The van der Waals surface area contributed by atoms with Gasteiger partial charge in [-0.05, 0) is 32.3 Å². The molecule has 0 fully saturated rings. The average molecular weight is 240 g/mol. The molecule has 0 saturated heterocycles. The van der Waals surface area contributed by atoms with Crippen molar-refractivity contribution < 1.29 is 0 Å². The van der Waals surface area contributed by atoms with Gasteiger partial charge in [0.05, 0.1) is 0 Å². The van der Waals surface area contributed by atoms with Gasteiger partial charge >= 0.3 is 0 Å². The molecule has 0 aliphatic rings. The second kappa shape index (κ2) is 6.27. The van der Waals surface area contributed by atoms with E-state index < -0.39 is 0 Å². The molecular formula is C14H22ClN. The van der Waals surface area contributed by atoms with Gasteiger partial charge in [0.1, 0.15) is 0 Å². The van der Waals surface area contributed by atoms with Gasteiger partial charge in [-0.2, -0.15) is 0 Å². The predicted octanol–water partition coefficient (Wildman–Crippen LogP) is 3.66. The predicted molar refractivity (Wildman–Crippen MR) is 72.1 cm³/mol. The van der Waals surface area contributed by atoms with Crippen LogP contribution in [0, 0.1) is 19.8 Å². The molecule has 0 amide bonds. The summed E-state index contributed by atoms with van der Waals surface area (Å²) in [5, 5.41) is 3.52. The van der Waals surface area contributed by atoms with Gasteiger partial charge in [-0.25, -0.2) is 0 Å². The molecule has 0 heterocycles. The number of aryl methyl sites for hydroxylation is 2. The molecule has 90 valence electrons. The normalized spacial score (nSPS) is 14.8. The second-order valence-corrected chi connectivity index (χ2v) is 5.11. The van der Waals surface area contributed by atoms with E-state index in [1.807, 2.05) is 0 Å². The first-order valence-corrected chi connectivity index (χ1v) is 6.43. The quantitative estimate of drug-likeness (QED) is 0.774. The van der Waals surface area contributed by atoms with Crippen molar-refractivity contribution in [3.8, 4) is 0 Å². The van der Waals surface area contributed by atoms with Crippen LogP contribution in [0.15, 0.2) is 18.2 Å². The Morgan fingerprint density at radius 1 is 1.12 bits per heavy atom. The highest BCUT2D eigenvalue weighted by Gasteiger charge is 2.09. The second-order valence-electron chi connectivity index (χ2n) is 4.80. The minimum absolute atomic E-state index is 0.457. The summed E-state index contributed by atoms with van der Waals surface area (Å²) in [5.41, 5.74) is 4.01. The van der Waals surface area contributed by atoms with Crippen molar-refractivity contribution in [1.82, 2.24) is 5.32 Å². The number of nitrogens with one attached hydrogen (secondary N) is 1. The lowest BCUT2D eigenvalue weighted by Crippen LogP contribution is -2.32. The highest BCUT2D eigenvalue weighted by atomic mass is 35.5. The van der Waals surface area contributed by atoms with Crippen LogP contribution < -0.4 is 5.32 Å². The van der Waals surface area contributed by atoms with Gasteiger partial charge in [0.25, 0.3) is 0 Å². The lowest BCUT2D eigenvalue weighted by molar-refractivity contribution is 0.430. The van der Waals surface area contributed by atoms with Crippen molar-refractivity contribution in [2.45, 2.75) is 40.3 Å². The van der Waals surface area contributed by atoms with E-state index in [1.54, 1.807) is 0 Å². The Hall–Kier alpha value is -0.530. The molecule has 1 aromatic carbocycles. The monoisotopic (exact) mass is 239 g/mol. The maximum atomic E-state index is 5.84. The van der Waals surface area contributed by atoms with E-state index in [-0.39, 0.29) is 0 Å². The number of hydrogen-bond donors (Lipinski definition) is 1. The van der Waals surface area contributed by atoms with Crippen LogP contribution in [0.3, 0.4) is 0 Å². The third-order valence-corrected chi connectivity index (χ3v) is 3.49. The standard InChI is InChI=1S/C14H22ClN/c1-10-5-11(2)7-14(6-10)9-16-13(4)12(3)8-15/h5-7,12-13,16H,8-9H2,1-4H3. The molecule has 0 bridgehead atoms. The zero-order valence-electron chi connectivity index (χ0n) is 10.7. The Kier molecular flexibility index (Phi) is 5.30. The molecule has 2 unspecified atom stereocenters. The van der Waals surface area contributed by atoms with E-state index in [0.29, 0.717) is 17.8 Å². The van der Waals surface area contributed by atoms with Gasteiger partial charge in [-0.3, -0.25) is 0 Å². The van der Waals surface area contributed by atoms with E-state index in [9.17, 15) is 0 Å². The summed E-state index contributed by atoms with van der Waals surface area (Å²) >= 11 is 5.84. The van der Waals surface area contributed by atoms with Crippen LogP contribution >= 0.6 is 11.6 Å². The zero-order chi connectivity index (χ0) is 12.1. The molecule has 1 aromatic rings. The maximum Gasteiger partial charge on any atom is 0.0263 e. The smallest absolute Gasteiger partial charge is 0.0263 e. The summed E-state index contributed by atoms with van der Waals surface area (Å²) in [7, 11) is 0. The molecule has 1 N–H and O–H groups in total. The number of benzene rings is 1. The van der Waals surface area contributed by atoms with Crippen molar-refractivity contribution in [3.63, 3.8) is 0 Å². The molecule has 1 nitrogen and oxygen atoms in total. The van der Waals surface area contributed by atoms with Gasteiger partial charge in [0.15, 0.2) is 0 Å². The topological polar surface area (TPSA) is 12.0 Å². The van der Waals surface area contributed by atoms with E-state index in [2.05, 4.69) is 51.2 Å². The van der Waals surface area contributed by atoms with E-state index >= 15 is 0 Å². The van der Waals surface area contributed by atoms with Gasteiger partial charge in [0, 0.05) is 18.5 Å². The molecule has 0 aliphatic heterocycles. The summed E-state index contributed by atoms with van der Waals surface area (Å²) in [4.78, 5) is 0. The van der Waals surface area contributed by atoms with Crippen LogP contribution in [0.25, 0.3) is 0 Å². The molecule has 0 saturated carbocycles. The molecular weight excluding hydrogens is 218 g/mol. The summed E-state index contributed by atoms with van der Waals surface area (Å²) in [6, 6.07) is 7.13. The van der Waals surface area contributed by atoms with Crippen molar-refractivity contribution >= 4 is 11.6 Å². The molecule has 0 radical (unpaired) electrons. The number of halogens is 1. The fourth-order valence-electron chi connectivity index (χ4n) is 1.78. The Labute approximate surface area is 104 Å². The molecule has 2 heteroatoms.